The van der Waals surface area contributed by atoms with E-state index < -0.39 is 0 Å². The Balaban J connectivity index is 1.29. The Morgan fingerprint density at radius 2 is 1.86 bits per heavy atom. The van der Waals surface area contributed by atoms with Crippen LogP contribution in [-0.4, -0.2) is 58.3 Å². The number of anilines is 1. The molecule has 28 heavy (non-hydrogen) atoms. The smallest absolute Gasteiger partial charge is 0.274 e. The number of amides is 2. The minimum atomic E-state index is -0.382. The van der Waals surface area contributed by atoms with Crippen molar-refractivity contribution in [2.45, 2.75) is 44.9 Å². The summed E-state index contributed by atoms with van der Waals surface area (Å²) in [7, 11) is 0. The minimum Gasteiger partial charge on any atom is -0.365 e. The lowest BCUT2D eigenvalue weighted by Crippen LogP contribution is -2.43. The number of carbonyl (C=O) groups excluding carboxylic acids is 2. The van der Waals surface area contributed by atoms with Crippen LogP contribution < -0.4 is 4.90 Å². The molecule has 7 heteroatoms. The van der Waals surface area contributed by atoms with Crippen LogP contribution in [0.1, 0.15) is 36.7 Å². The number of ether oxygens (including phenoxy) is 1. The normalized spacial score (nSPS) is 20.8. The summed E-state index contributed by atoms with van der Waals surface area (Å²) in [5.41, 5.74) is 1.41. The van der Waals surface area contributed by atoms with Crippen LogP contribution in [0.3, 0.4) is 0 Å². The van der Waals surface area contributed by atoms with E-state index in [-0.39, 0.29) is 24.0 Å². The number of likely N-dealkylation sites (tertiary alicyclic amines) is 1. The van der Waals surface area contributed by atoms with Crippen molar-refractivity contribution in [3.8, 4) is 0 Å². The Hall–Kier alpha value is -2.67. The molecule has 1 aromatic carbocycles. The molecule has 0 aliphatic carbocycles. The van der Waals surface area contributed by atoms with Gasteiger partial charge < -0.3 is 14.5 Å². The van der Waals surface area contributed by atoms with Crippen molar-refractivity contribution >= 4 is 17.5 Å². The van der Waals surface area contributed by atoms with E-state index in [9.17, 15) is 9.59 Å². The van der Waals surface area contributed by atoms with Gasteiger partial charge in [0.1, 0.15) is 11.8 Å². The number of hydrogen-bond acceptors (Lipinski definition) is 4. The lowest BCUT2D eigenvalue weighted by molar-refractivity contribution is -0.132. The Bertz CT molecular complexity index is 827. The molecule has 1 atom stereocenters. The zero-order valence-corrected chi connectivity index (χ0v) is 16.2. The van der Waals surface area contributed by atoms with Gasteiger partial charge in [0.05, 0.1) is 6.10 Å². The van der Waals surface area contributed by atoms with Gasteiger partial charge in [-0.05, 0) is 38.0 Å². The SMILES string of the molecule is CCn1ccc(C(=O)N2CCC(OC3CCN(c4ccccc4)C3=O)CC2)n1. The highest BCUT2D eigenvalue weighted by molar-refractivity contribution is 5.98. The third-order valence-corrected chi connectivity index (χ3v) is 5.49. The molecule has 0 bridgehead atoms. The summed E-state index contributed by atoms with van der Waals surface area (Å²) in [4.78, 5) is 28.9. The maximum atomic E-state index is 12.7. The van der Waals surface area contributed by atoms with Gasteiger partial charge in [0.2, 0.25) is 0 Å². The third-order valence-electron chi connectivity index (χ3n) is 5.49. The van der Waals surface area contributed by atoms with Crippen molar-refractivity contribution < 1.29 is 14.3 Å². The zero-order valence-electron chi connectivity index (χ0n) is 16.2. The van der Waals surface area contributed by atoms with Gasteiger partial charge in [0, 0.05) is 44.5 Å². The van der Waals surface area contributed by atoms with Gasteiger partial charge in [0.25, 0.3) is 11.8 Å². The van der Waals surface area contributed by atoms with Gasteiger partial charge in [-0.1, -0.05) is 18.2 Å². The second-order valence-corrected chi connectivity index (χ2v) is 7.29. The average Bonchev–Trinajstić information content (AvgIpc) is 3.36. The van der Waals surface area contributed by atoms with E-state index in [4.69, 9.17) is 4.74 Å². The first kappa shape index (κ1) is 18.7. The number of nitrogens with zero attached hydrogens (tertiary/aromatic N) is 4. The van der Waals surface area contributed by atoms with Crippen LogP contribution in [0.5, 0.6) is 0 Å². The zero-order chi connectivity index (χ0) is 19.5. The van der Waals surface area contributed by atoms with Gasteiger partial charge in [-0.25, -0.2) is 0 Å². The van der Waals surface area contributed by atoms with Crippen LogP contribution in [0.4, 0.5) is 5.69 Å². The van der Waals surface area contributed by atoms with E-state index in [0.717, 1.165) is 25.1 Å². The summed E-state index contributed by atoms with van der Waals surface area (Å²) >= 11 is 0. The molecular weight excluding hydrogens is 356 g/mol. The molecule has 7 nitrogen and oxygen atoms in total. The van der Waals surface area contributed by atoms with E-state index in [2.05, 4.69) is 5.10 Å². The lowest BCUT2D eigenvalue weighted by Gasteiger charge is -2.32. The molecular formula is C21H26N4O3. The Morgan fingerprint density at radius 3 is 2.54 bits per heavy atom. The number of hydrogen-bond donors (Lipinski definition) is 0. The van der Waals surface area contributed by atoms with E-state index in [1.807, 2.05) is 48.4 Å². The van der Waals surface area contributed by atoms with Crippen LogP contribution in [0.25, 0.3) is 0 Å². The van der Waals surface area contributed by atoms with Crippen LogP contribution in [0, 0.1) is 0 Å². The Kier molecular flexibility index (Phi) is 5.43. The Morgan fingerprint density at radius 1 is 1.11 bits per heavy atom. The molecule has 3 heterocycles. The number of piperidine rings is 1. The fraction of sp³-hybridized carbons (Fsp3) is 0.476. The van der Waals surface area contributed by atoms with E-state index in [0.29, 0.717) is 31.7 Å². The van der Waals surface area contributed by atoms with Crippen LogP contribution in [-0.2, 0) is 16.1 Å². The average molecular weight is 382 g/mol. The molecule has 2 fully saturated rings. The molecule has 0 radical (unpaired) electrons. The molecule has 0 N–H and O–H groups in total. The minimum absolute atomic E-state index is 0.0157. The number of benzene rings is 1. The van der Waals surface area contributed by atoms with Crippen molar-refractivity contribution in [1.82, 2.24) is 14.7 Å². The summed E-state index contributed by atoms with van der Waals surface area (Å²) < 4.78 is 7.88. The quantitative estimate of drug-likeness (QED) is 0.796. The third kappa shape index (κ3) is 3.80. The van der Waals surface area contributed by atoms with Crippen LogP contribution in [0.2, 0.25) is 0 Å². The molecule has 148 valence electrons. The van der Waals surface area contributed by atoms with Crippen LogP contribution in [0.15, 0.2) is 42.6 Å². The summed E-state index contributed by atoms with van der Waals surface area (Å²) in [6.45, 7) is 4.69. The highest BCUT2D eigenvalue weighted by atomic mass is 16.5. The highest BCUT2D eigenvalue weighted by Gasteiger charge is 2.36. The molecule has 0 spiro atoms. The predicted molar refractivity (Wildman–Crippen MR) is 105 cm³/mol. The number of carbonyl (C=O) groups is 2. The second-order valence-electron chi connectivity index (χ2n) is 7.29. The maximum absolute atomic E-state index is 12.7. The molecule has 2 saturated heterocycles. The summed E-state index contributed by atoms with van der Waals surface area (Å²) in [6, 6.07) is 11.5. The molecule has 0 saturated carbocycles. The van der Waals surface area contributed by atoms with Crippen molar-refractivity contribution in [3.63, 3.8) is 0 Å². The van der Waals surface area contributed by atoms with Crippen molar-refractivity contribution in [3.05, 3.63) is 48.3 Å². The van der Waals surface area contributed by atoms with Crippen molar-refractivity contribution in [2.24, 2.45) is 0 Å². The molecule has 2 aliphatic heterocycles. The standard InChI is InChI=1S/C21H26N4O3/c1-2-24-14-10-18(22-24)20(26)23-12-8-17(9-13-23)28-19-11-15-25(21(19)27)16-6-4-3-5-7-16/h3-7,10,14,17,19H,2,8-9,11-13,15H2,1H3. The molecule has 4 rings (SSSR count). The molecule has 2 aromatic rings. The summed E-state index contributed by atoms with van der Waals surface area (Å²) in [6.07, 6.45) is 3.66. The van der Waals surface area contributed by atoms with E-state index in [1.165, 1.54) is 0 Å². The second kappa shape index (κ2) is 8.14. The number of para-hydroxylation sites is 1. The number of aryl methyl sites for hydroxylation is 1. The largest absolute Gasteiger partial charge is 0.365 e. The first-order valence-electron chi connectivity index (χ1n) is 10.0. The first-order chi connectivity index (χ1) is 13.7. The molecule has 1 aromatic heterocycles. The first-order valence-corrected chi connectivity index (χ1v) is 10.0. The van der Waals surface area contributed by atoms with Gasteiger partial charge >= 0.3 is 0 Å². The van der Waals surface area contributed by atoms with Crippen molar-refractivity contribution in [1.29, 1.82) is 0 Å². The van der Waals surface area contributed by atoms with Crippen molar-refractivity contribution in [2.75, 3.05) is 24.5 Å². The van der Waals surface area contributed by atoms with Gasteiger partial charge in [-0.3, -0.25) is 14.3 Å². The lowest BCUT2D eigenvalue weighted by atomic mass is 10.1. The summed E-state index contributed by atoms with van der Waals surface area (Å²) in [5, 5.41) is 4.30. The topological polar surface area (TPSA) is 67.7 Å². The highest BCUT2D eigenvalue weighted by Crippen LogP contribution is 2.26. The Labute approximate surface area is 164 Å². The molecule has 1 unspecified atom stereocenters. The van der Waals surface area contributed by atoms with Gasteiger partial charge in [-0.2, -0.15) is 5.10 Å². The van der Waals surface area contributed by atoms with Gasteiger partial charge in [-0.15, -0.1) is 0 Å². The maximum Gasteiger partial charge on any atom is 0.274 e. The fourth-order valence-electron chi connectivity index (χ4n) is 3.89. The molecule has 2 aliphatic rings. The van der Waals surface area contributed by atoms with Crippen LogP contribution >= 0.6 is 0 Å². The molecule has 2 amide bonds. The number of aromatic nitrogens is 2. The van der Waals surface area contributed by atoms with E-state index >= 15 is 0 Å². The summed E-state index contributed by atoms with van der Waals surface area (Å²) in [5.74, 6) is 0.00709. The van der Waals surface area contributed by atoms with E-state index in [1.54, 1.807) is 15.6 Å². The number of rotatable bonds is 5. The monoisotopic (exact) mass is 382 g/mol. The van der Waals surface area contributed by atoms with Gasteiger partial charge in [0.15, 0.2) is 0 Å². The predicted octanol–water partition coefficient (Wildman–Crippen LogP) is 2.33. The fourth-order valence-corrected chi connectivity index (χ4v) is 3.89.